The molecule has 102 valence electrons. The molecule has 3 rings (SSSR count). The summed E-state index contributed by atoms with van der Waals surface area (Å²) in [7, 11) is 0. The zero-order valence-electron chi connectivity index (χ0n) is 10.8. The van der Waals surface area contributed by atoms with Crippen molar-refractivity contribution in [2.75, 3.05) is 25.1 Å². The second-order valence-corrected chi connectivity index (χ2v) is 5.41. The van der Waals surface area contributed by atoms with E-state index in [4.69, 9.17) is 9.47 Å². The quantitative estimate of drug-likeness (QED) is 0.852. The van der Waals surface area contributed by atoms with Crippen LogP contribution in [0.15, 0.2) is 18.2 Å². The summed E-state index contributed by atoms with van der Waals surface area (Å²) in [6, 6.07) is 5.75. The van der Waals surface area contributed by atoms with Crippen molar-refractivity contribution < 1.29 is 19.4 Å². The third kappa shape index (κ3) is 2.19. The monoisotopic (exact) mass is 263 g/mol. The first-order chi connectivity index (χ1) is 9.12. The van der Waals surface area contributed by atoms with E-state index in [0.717, 1.165) is 12.0 Å². The van der Waals surface area contributed by atoms with Crippen LogP contribution in [0.3, 0.4) is 0 Å². The number of aliphatic hydroxyl groups is 1. The molecular formula is C14H17NO4. The van der Waals surface area contributed by atoms with Crippen LogP contribution in [0.1, 0.15) is 12.5 Å². The van der Waals surface area contributed by atoms with E-state index in [2.05, 4.69) is 5.32 Å². The van der Waals surface area contributed by atoms with Crippen LogP contribution < -0.4 is 10.1 Å². The fourth-order valence-corrected chi connectivity index (χ4v) is 2.44. The number of nitrogens with one attached hydrogen (secondary N) is 1. The molecule has 0 aromatic heterocycles. The average molecular weight is 263 g/mol. The number of benzene rings is 1. The van der Waals surface area contributed by atoms with Crippen molar-refractivity contribution in [3.63, 3.8) is 0 Å². The average Bonchev–Trinajstić information content (AvgIpc) is 2.35. The Labute approximate surface area is 111 Å². The van der Waals surface area contributed by atoms with Crippen LogP contribution >= 0.6 is 0 Å². The van der Waals surface area contributed by atoms with Crippen molar-refractivity contribution in [2.45, 2.75) is 19.4 Å². The van der Waals surface area contributed by atoms with Crippen molar-refractivity contribution in [2.24, 2.45) is 5.41 Å². The maximum Gasteiger partial charge on any atom is 0.265 e. The van der Waals surface area contributed by atoms with Gasteiger partial charge in [0.25, 0.3) is 5.91 Å². The lowest BCUT2D eigenvalue weighted by Gasteiger charge is -2.40. The predicted octanol–water partition coefficient (Wildman–Crippen LogP) is 0.957. The Balaban J connectivity index is 1.82. The summed E-state index contributed by atoms with van der Waals surface area (Å²) in [4.78, 5) is 11.6. The van der Waals surface area contributed by atoms with Gasteiger partial charge in [-0.3, -0.25) is 4.79 Å². The number of rotatable bonds is 3. The molecule has 19 heavy (non-hydrogen) atoms. The molecular weight excluding hydrogens is 246 g/mol. The molecule has 1 aromatic rings. The van der Waals surface area contributed by atoms with Crippen molar-refractivity contribution in [3.8, 4) is 5.75 Å². The van der Waals surface area contributed by atoms with Crippen molar-refractivity contribution in [1.29, 1.82) is 0 Å². The zero-order valence-corrected chi connectivity index (χ0v) is 10.8. The van der Waals surface area contributed by atoms with Crippen LogP contribution in [0.4, 0.5) is 5.69 Å². The number of aliphatic hydroxyl groups excluding tert-OH is 1. The molecule has 2 N–H and O–H groups in total. The van der Waals surface area contributed by atoms with Gasteiger partial charge in [0.05, 0.1) is 25.5 Å². The molecule has 2 aliphatic heterocycles. The largest absolute Gasteiger partial charge is 0.479 e. The second kappa shape index (κ2) is 4.51. The molecule has 5 heteroatoms. The van der Waals surface area contributed by atoms with Gasteiger partial charge in [-0.25, -0.2) is 0 Å². The van der Waals surface area contributed by atoms with Gasteiger partial charge in [-0.1, -0.05) is 6.07 Å². The van der Waals surface area contributed by atoms with Crippen LogP contribution in [-0.4, -0.2) is 36.9 Å². The number of hydrogen-bond acceptors (Lipinski definition) is 4. The third-order valence-electron chi connectivity index (χ3n) is 3.71. The second-order valence-electron chi connectivity index (χ2n) is 5.41. The Bertz CT molecular complexity index is 505. The molecule has 1 saturated heterocycles. The van der Waals surface area contributed by atoms with Gasteiger partial charge in [0, 0.05) is 5.41 Å². The van der Waals surface area contributed by atoms with Crippen LogP contribution in [0.2, 0.25) is 0 Å². The van der Waals surface area contributed by atoms with Crippen LogP contribution in [0.25, 0.3) is 0 Å². The maximum atomic E-state index is 11.6. The fraction of sp³-hybridized carbons (Fsp3) is 0.500. The molecule has 1 amide bonds. The Morgan fingerprint density at radius 1 is 1.47 bits per heavy atom. The number of amides is 1. The van der Waals surface area contributed by atoms with Gasteiger partial charge in [0.2, 0.25) is 0 Å². The van der Waals surface area contributed by atoms with Crippen molar-refractivity contribution in [3.05, 3.63) is 23.8 Å². The van der Waals surface area contributed by atoms with Gasteiger partial charge >= 0.3 is 0 Å². The first-order valence-electron chi connectivity index (χ1n) is 6.41. The van der Waals surface area contributed by atoms with E-state index < -0.39 is 6.10 Å². The fourth-order valence-electron chi connectivity index (χ4n) is 2.44. The van der Waals surface area contributed by atoms with E-state index in [1.165, 1.54) is 0 Å². The Kier molecular flexibility index (Phi) is 2.95. The lowest BCUT2D eigenvalue weighted by atomic mass is 9.80. The summed E-state index contributed by atoms with van der Waals surface area (Å²) in [6.45, 7) is 3.00. The summed E-state index contributed by atoms with van der Waals surface area (Å²) < 4.78 is 10.7. The standard InChI is InChI=1S/C14H17NO4/c1-9-13(17)15-11-4-10(2-3-12(11)19-9)5-14(6-16)7-18-8-14/h2-4,9,16H,5-8H2,1H3,(H,15,17). The normalized spacial score (nSPS) is 23.9. The highest BCUT2D eigenvalue weighted by Crippen LogP contribution is 2.35. The number of carbonyl (C=O) groups excluding carboxylic acids is 1. The lowest BCUT2D eigenvalue weighted by molar-refractivity contribution is -0.136. The van der Waals surface area contributed by atoms with Gasteiger partial charge in [0.1, 0.15) is 5.75 Å². The van der Waals surface area contributed by atoms with Crippen molar-refractivity contribution in [1.82, 2.24) is 0 Å². The molecule has 0 bridgehead atoms. The van der Waals surface area contributed by atoms with Gasteiger partial charge in [-0.2, -0.15) is 0 Å². The van der Waals surface area contributed by atoms with Crippen molar-refractivity contribution >= 4 is 11.6 Å². The van der Waals surface area contributed by atoms with E-state index in [-0.39, 0.29) is 17.9 Å². The van der Waals surface area contributed by atoms with Gasteiger partial charge in [-0.05, 0) is 31.0 Å². The van der Waals surface area contributed by atoms with E-state index in [1.54, 1.807) is 6.92 Å². The number of hydrogen-bond donors (Lipinski definition) is 2. The molecule has 1 atom stereocenters. The Morgan fingerprint density at radius 3 is 2.89 bits per heavy atom. The van der Waals surface area contributed by atoms with Crippen LogP contribution in [0, 0.1) is 5.41 Å². The molecule has 0 spiro atoms. The minimum Gasteiger partial charge on any atom is -0.479 e. The molecule has 2 heterocycles. The molecule has 2 aliphatic rings. The molecule has 0 aliphatic carbocycles. The summed E-state index contributed by atoms with van der Waals surface area (Å²) >= 11 is 0. The van der Waals surface area contributed by atoms with E-state index in [0.29, 0.717) is 24.7 Å². The highest BCUT2D eigenvalue weighted by molar-refractivity contribution is 5.97. The smallest absolute Gasteiger partial charge is 0.265 e. The minimum absolute atomic E-state index is 0.115. The van der Waals surface area contributed by atoms with E-state index in [1.807, 2.05) is 18.2 Å². The number of carbonyl (C=O) groups is 1. The van der Waals surface area contributed by atoms with Gasteiger partial charge < -0.3 is 19.9 Å². The Hall–Kier alpha value is -1.59. The molecule has 0 saturated carbocycles. The topological polar surface area (TPSA) is 67.8 Å². The third-order valence-corrected chi connectivity index (χ3v) is 3.71. The van der Waals surface area contributed by atoms with E-state index >= 15 is 0 Å². The van der Waals surface area contributed by atoms with E-state index in [9.17, 15) is 9.90 Å². The minimum atomic E-state index is -0.456. The van der Waals surface area contributed by atoms with Crippen LogP contribution in [-0.2, 0) is 16.0 Å². The zero-order chi connectivity index (χ0) is 13.5. The summed E-state index contributed by atoms with van der Waals surface area (Å²) in [5.74, 6) is 0.562. The summed E-state index contributed by atoms with van der Waals surface area (Å²) in [5.41, 5.74) is 1.60. The van der Waals surface area contributed by atoms with Gasteiger partial charge in [-0.15, -0.1) is 0 Å². The molecule has 1 aromatic carbocycles. The summed E-state index contributed by atoms with van der Waals surface area (Å²) in [6.07, 6.45) is 0.282. The maximum absolute atomic E-state index is 11.6. The number of fused-ring (bicyclic) bond motifs is 1. The predicted molar refractivity (Wildman–Crippen MR) is 69.2 cm³/mol. The van der Waals surface area contributed by atoms with Gasteiger partial charge in [0.15, 0.2) is 6.10 Å². The molecule has 5 nitrogen and oxygen atoms in total. The first-order valence-corrected chi connectivity index (χ1v) is 6.41. The SMILES string of the molecule is CC1Oc2ccc(CC3(CO)COC3)cc2NC1=O. The lowest BCUT2D eigenvalue weighted by Crippen LogP contribution is -2.47. The highest BCUT2D eigenvalue weighted by atomic mass is 16.5. The first kappa shape index (κ1) is 12.4. The summed E-state index contributed by atoms with van der Waals surface area (Å²) in [5, 5.41) is 12.3. The highest BCUT2D eigenvalue weighted by Gasteiger charge is 2.38. The molecule has 1 fully saturated rings. The molecule has 0 radical (unpaired) electrons. The number of ether oxygens (including phenoxy) is 2. The number of anilines is 1. The molecule has 1 unspecified atom stereocenters. The Morgan fingerprint density at radius 2 is 2.26 bits per heavy atom. The van der Waals surface area contributed by atoms with Crippen LogP contribution in [0.5, 0.6) is 5.75 Å².